The number of rotatable bonds is 4. The van der Waals surface area contributed by atoms with Crippen LogP contribution in [0.4, 0.5) is 13.2 Å². The van der Waals surface area contributed by atoms with Gasteiger partial charge in [0.15, 0.2) is 0 Å². The quantitative estimate of drug-likeness (QED) is 0.817. The second-order valence-electron chi connectivity index (χ2n) is 7.36. The number of halogens is 3. The summed E-state index contributed by atoms with van der Waals surface area (Å²) in [5.41, 5.74) is 7.75. The molecule has 1 unspecified atom stereocenters. The van der Waals surface area contributed by atoms with Crippen molar-refractivity contribution in [3.8, 4) is 11.1 Å². The van der Waals surface area contributed by atoms with Gasteiger partial charge in [-0.2, -0.15) is 4.39 Å². The van der Waals surface area contributed by atoms with Gasteiger partial charge in [-0.3, -0.25) is 9.59 Å². The third kappa shape index (κ3) is 3.46. The SMILES string of the molecule is NC(=O)C1CC(F)(F)CN1C(=O)c1ccc(C2CC2)c(-c2ccc(F)nc2)c1. The zero-order chi connectivity index (χ0) is 20.1. The second kappa shape index (κ2) is 6.61. The lowest BCUT2D eigenvalue weighted by Gasteiger charge is -2.22. The van der Waals surface area contributed by atoms with Crippen LogP contribution in [0, 0.1) is 5.95 Å². The van der Waals surface area contributed by atoms with Gasteiger partial charge in [0, 0.05) is 23.7 Å². The molecule has 1 saturated heterocycles. The van der Waals surface area contributed by atoms with Crippen LogP contribution in [0.2, 0.25) is 0 Å². The first-order valence-electron chi connectivity index (χ1n) is 8.99. The van der Waals surface area contributed by atoms with Crippen molar-refractivity contribution in [2.45, 2.75) is 37.1 Å². The first-order valence-corrected chi connectivity index (χ1v) is 8.99. The van der Waals surface area contributed by atoms with E-state index in [-0.39, 0.29) is 5.56 Å². The van der Waals surface area contributed by atoms with Crippen molar-refractivity contribution in [1.82, 2.24) is 9.88 Å². The zero-order valence-electron chi connectivity index (χ0n) is 14.9. The minimum absolute atomic E-state index is 0.174. The highest BCUT2D eigenvalue weighted by molar-refractivity contribution is 5.99. The fourth-order valence-corrected chi connectivity index (χ4v) is 3.68. The minimum atomic E-state index is -3.16. The van der Waals surface area contributed by atoms with E-state index >= 15 is 0 Å². The van der Waals surface area contributed by atoms with E-state index in [4.69, 9.17) is 5.73 Å². The van der Waals surface area contributed by atoms with Crippen molar-refractivity contribution in [3.63, 3.8) is 0 Å². The Morgan fingerprint density at radius 3 is 2.54 bits per heavy atom. The second-order valence-corrected chi connectivity index (χ2v) is 7.36. The van der Waals surface area contributed by atoms with Crippen molar-refractivity contribution < 1.29 is 22.8 Å². The number of hydrogen-bond acceptors (Lipinski definition) is 3. The molecule has 1 atom stereocenters. The minimum Gasteiger partial charge on any atom is -0.368 e. The summed E-state index contributed by atoms with van der Waals surface area (Å²) in [5.74, 6) is -5.07. The third-order valence-electron chi connectivity index (χ3n) is 5.21. The van der Waals surface area contributed by atoms with Gasteiger partial charge in [0.2, 0.25) is 11.9 Å². The Morgan fingerprint density at radius 1 is 1.18 bits per heavy atom. The fraction of sp³-hybridized carbons (Fsp3) is 0.350. The molecule has 8 heteroatoms. The fourth-order valence-electron chi connectivity index (χ4n) is 3.68. The average Bonchev–Trinajstić information content (AvgIpc) is 3.44. The Bertz CT molecular complexity index is 942. The van der Waals surface area contributed by atoms with Crippen LogP contribution in [-0.2, 0) is 4.79 Å². The summed E-state index contributed by atoms with van der Waals surface area (Å²) in [6.07, 6.45) is 2.62. The summed E-state index contributed by atoms with van der Waals surface area (Å²) in [6.45, 7) is -0.850. The van der Waals surface area contributed by atoms with Gasteiger partial charge in [0.25, 0.3) is 11.8 Å². The maximum absolute atomic E-state index is 13.8. The van der Waals surface area contributed by atoms with Crippen LogP contribution in [0.3, 0.4) is 0 Å². The molecule has 1 saturated carbocycles. The highest BCUT2D eigenvalue weighted by Gasteiger charge is 2.49. The summed E-state index contributed by atoms with van der Waals surface area (Å²) < 4.78 is 40.8. The van der Waals surface area contributed by atoms with Gasteiger partial charge in [-0.15, -0.1) is 0 Å². The Kier molecular flexibility index (Phi) is 4.36. The smallest absolute Gasteiger partial charge is 0.267 e. The number of carbonyl (C=O) groups is 2. The zero-order valence-corrected chi connectivity index (χ0v) is 14.9. The van der Waals surface area contributed by atoms with Crippen molar-refractivity contribution in [1.29, 1.82) is 0 Å². The Balaban J connectivity index is 1.72. The molecule has 2 heterocycles. The predicted octanol–water partition coefficient (Wildman–Crippen LogP) is 3.10. The van der Waals surface area contributed by atoms with Gasteiger partial charge >= 0.3 is 0 Å². The standard InChI is InChI=1S/C20H18F3N3O2/c21-17-6-4-13(9-25-17)15-7-12(3-5-14(15)11-1-2-11)19(28)26-10-20(22,23)8-16(26)18(24)27/h3-7,9,11,16H,1-2,8,10H2,(H2,24,27). The third-order valence-corrected chi connectivity index (χ3v) is 5.21. The molecule has 4 rings (SSSR count). The van der Waals surface area contributed by atoms with Gasteiger partial charge < -0.3 is 10.6 Å². The van der Waals surface area contributed by atoms with E-state index in [9.17, 15) is 22.8 Å². The monoisotopic (exact) mass is 389 g/mol. The molecule has 28 heavy (non-hydrogen) atoms. The van der Waals surface area contributed by atoms with Crippen LogP contribution in [0.25, 0.3) is 11.1 Å². The van der Waals surface area contributed by atoms with E-state index in [0.717, 1.165) is 23.3 Å². The van der Waals surface area contributed by atoms with Crippen LogP contribution < -0.4 is 5.73 Å². The lowest BCUT2D eigenvalue weighted by Crippen LogP contribution is -2.43. The van der Waals surface area contributed by atoms with Crippen LogP contribution in [0.5, 0.6) is 0 Å². The summed E-state index contributed by atoms with van der Waals surface area (Å²) >= 11 is 0. The molecular formula is C20H18F3N3O2. The molecule has 1 aliphatic carbocycles. The van der Waals surface area contributed by atoms with E-state index in [1.165, 1.54) is 12.3 Å². The molecule has 5 nitrogen and oxygen atoms in total. The Morgan fingerprint density at radius 2 is 1.93 bits per heavy atom. The van der Waals surface area contributed by atoms with Crippen LogP contribution >= 0.6 is 0 Å². The molecule has 1 aromatic heterocycles. The number of amides is 2. The lowest BCUT2D eigenvalue weighted by molar-refractivity contribution is -0.121. The number of carbonyl (C=O) groups excluding carboxylic acids is 2. The van der Waals surface area contributed by atoms with Crippen molar-refractivity contribution in [2.24, 2.45) is 5.73 Å². The van der Waals surface area contributed by atoms with Crippen LogP contribution in [0.1, 0.15) is 41.1 Å². The van der Waals surface area contributed by atoms with Gasteiger partial charge in [0.05, 0.1) is 6.54 Å². The number of alkyl halides is 2. The molecule has 0 spiro atoms. The lowest BCUT2D eigenvalue weighted by atomic mass is 9.95. The number of likely N-dealkylation sites (tertiary alicyclic amines) is 1. The molecule has 0 bridgehead atoms. The van der Waals surface area contributed by atoms with E-state index in [1.54, 1.807) is 24.3 Å². The molecule has 146 valence electrons. The van der Waals surface area contributed by atoms with Gasteiger partial charge in [-0.05, 0) is 54.2 Å². The first-order chi connectivity index (χ1) is 13.2. The normalized spacial score (nSPS) is 21.0. The molecular weight excluding hydrogens is 371 g/mol. The Hall–Kier alpha value is -2.90. The number of hydrogen-bond donors (Lipinski definition) is 1. The number of benzene rings is 1. The predicted molar refractivity (Wildman–Crippen MR) is 95.2 cm³/mol. The molecule has 2 fully saturated rings. The summed E-state index contributed by atoms with van der Waals surface area (Å²) in [7, 11) is 0. The molecule has 2 N–H and O–H groups in total. The van der Waals surface area contributed by atoms with Crippen molar-refractivity contribution in [2.75, 3.05) is 6.54 Å². The molecule has 2 amide bonds. The highest BCUT2D eigenvalue weighted by Crippen LogP contribution is 2.45. The average molecular weight is 389 g/mol. The highest BCUT2D eigenvalue weighted by atomic mass is 19.3. The van der Waals surface area contributed by atoms with Gasteiger partial charge in [-0.1, -0.05) is 6.07 Å². The van der Waals surface area contributed by atoms with Gasteiger partial charge in [-0.25, -0.2) is 13.8 Å². The number of pyridine rings is 1. The van der Waals surface area contributed by atoms with Crippen LogP contribution in [0.15, 0.2) is 36.5 Å². The van der Waals surface area contributed by atoms with E-state index in [1.807, 2.05) is 0 Å². The molecule has 2 aromatic rings. The van der Waals surface area contributed by atoms with E-state index in [0.29, 0.717) is 17.0 Å². The maximum Gasteiger partial charge on any atom is 0.267 e. The largest absolute Gasteiger partial charge is 0.368 e. The summed E-state index contributed by atoms with van der Waals surface area (Å²) in [5, 5.41) is 0. The number of nitrogens with zero attached hydrogens (tertiary/aromatic N) is 2. The maximum atomic E-state index is 13.8. The molecule has 0 radical (unpaired) electrons. The Labute approximate surface area is 159 Å². The number of nitrogens with two attached hydrogens (primary N) is 1. The number of primary amides is 1. The summed E-state index contributed by atoms with van der Waals surface area (Å²) in [4.78, 5) is 28.9. The van der Waals surface area contributed by atoms with Crippen LogP contribution in [-0.4, -0.2) is 40.2 Å². The first kappa shape index (κ1) is 18.5. The number of aromatic nitrogens is 1. The molecule has 1 aromatic carbocycles. The summed E-state index contributed by atoms with van der Waals surface area (Å²) in [6, 6.07) is 6.40. The van der Waals surface area contributed by atoms with E-state index in [2.05, 4.69) is 4.98 Å². The van der Waals surface area contributed by atoms with E-state index < -0.39 is 42.7 Å². The molecule has 2 aliphatic rings. The van der Waals surface area contributed by atoms with Crippen molar-refractivity contribution >= 4 is 11.8 Å². The van der Waals surface area contributed by atoms with Crippen molar-refractivity contribution in [3.05, 3.63) is 53.6 Å². The topological polar surface area (TPSA) is 76.3 Å². The van der Waals surface area contributed by atoms with Gasteiger partial charge in [0.1, 0.15) is 6.04 Å². The molecule has 1 aliphatic heterocycles.